The van der Waals surface area contributed by atoms with Crippen molar-refractivity contribution in [2.75, 3.05) is 19.0 Å². The third-order valence-corrected chi connectivity index (χ3v) is 4.52. The van der Waals surface area contributed by atoms with Crippen molar-refractivity contribution in [3.05, 3.63) is 42.5 Å². The first-order valence-corrected chi connectivity index (χ1v) is 8.78. The zero-order chi connectivity index (χ0) is 18.5. The van der Waals surface area contributed by atoms with Crippen LogP contribution in [0.5, 0.6) is 5.75 Å². The lowest BCUT2D eigenvalue weighted by Gasteiger charge is -2.10. The number of carbonyl (C=O) groups is 1. The predicted octanol–water partition coefficient (Wildman–Crippen LogP) is 4.41. The summed E-state index contributed by atoms with van der Waals surface area (Å²) in [5.41, 5.74) is 2.88. The Kier molecular flexibility index (Phi) is 5.41. The number of aromatic amines is 1. The maximum absolute atomic E-state index is 12.1. The van der Waals surface area contributed by atoms with Crippen molar-refractivity contribution in [2.24, 2.45) is 5.92 Å². The number of benzene rings is 2. The van der Waals surface area contributed by atoms with Crippen LogP contribution in [0.1, 0.15) is 20.3 Å². The number of anilines is 1. The van der Waals surface area contributed by atoms with Gasteiger partial charge in [-0.2, -0.15) is 5.10 Å². The number of nitrogens with zero attached hydrogens (tertiary/aromatic N) is 1. The third kappa shape index (κ3) is 3.79. The second kappa shape index (κ2) is 7.91. The Balaban J connectivity index is 1.80. The maximum Gasteiger partial charge on any atom is 0.320 e. The van der Waals surface area contributed by atoms with Crippen molar-refractivity contribution in [2.45, 2.75) is 20.3 Å². The van der Waals surface area contributed by atoms with E-state index >= 15 is 0 Å². The Morgan fingerprint density at radius 3 is 2.85 bits per heavy atom. The van der Waals surface area contributed by atoms with Gasteiger partial charge in [0.15, 0.2) is 5.82 Å². The quantitative estimate of drug-likeness (QED) is 0.615. The summed E-state index contributed by atoms with van der Waals surface area (Å²) < 4.78 is 5.43. The molecule has 0 aliphatic heterocycles. The molecule has 1 aromatic heterocycles. The van der Waals surface area contributed by atoms with Crippen LogP contribution < -0.4 is 15.4 Å². The second-order valence-electron chi connectivity index (χ2n) is 6.38. The van der Waals surface area contributed by atoms with E-state index in [9.17, 15) is 4.79 Å². The number of aromatic nitrogens is 2. The van der Waals surface area contributed by atoms with Crippen molar-refractivity contribution < 1.29 is 9.53 Å². The monoisotopic (exact) mass is 352 g/mol. The molecule has 1 atom stereocenters. The summed E-state index contributed by atoms with van der Waals surface area (Å²) in [6, 6.07) is 13.6. The molecule has 1 unspecified atom stereocenters. The van der Waals surface area contributed by atoms with Gasteiger partial charge in [-0.3, -0.25) is 10.4 Å². The van der Waals surface area contributed by atoms with Crippen LogP contribution in [0.25, 0.3) is 22.0 Å². The first-order valence-electron chi connectivity index (χ1n) is 8.78. The lowest BCUT2D eigenvalue weighted by molar-refractivity contribution is 0.250. The highest BCUT2D eigenvalue weighted by Crippen LogP contribution is 2.32. The summed E-state index contributed by atoms with van der Waals surface area (Å²) in [6.07, 6.45) is 1.03. The molecule has 3 rings (SSSR count). The minimum atomic E-state index is -0.243. The van der Waals surface area contributed by atoms with E-state index in [0.717, 1.165) is 34.2 Å². The summed E-state index contributed by atoms with van der Waals surface area (Å²) >= 11 is 0. The van der Waals surface area contributed by atoms with Crippen molar-refractivity contribution in [3.8, 4) is 16.9 Å². The molecule has 0 aliphatic rings. The molecule has 0 fully saturated rings. The van der Waals surface area contributed by atoms with Gasteiger partial charge in [-0.25, -0.2) is 4.79 Å². The van der Waals surface area contributed by atoms with Crippen molar-refractivity contribution >= 4 is 22.8 Å². The SMILES string of the molecule is CCC(C)CNC(=O)Nc1n[nH]c2cc(-c3ccccc3OC)ccc12. The highest BCUT2D eigenvalue weighted by Gasteiger charge is 2.12. The first kappa shape index (κ1) is 17.8. The number of rotatable bonds is 6. The fourth-order valence-corrected chi connectivity index (χ4v) is 2.73. The van der Waals surface area contributed by atoms with Gasteiger partial charge >= 0.3 is 6.03 Å². The number of hydrogen-bond acceptors (Lipinski definition) is 3. The zero-order valence-corrected chi connectivity index (χ0v) is 15.3. The molecule has 0 bridgehead atoms. The minimum absolute atomic E-state index is 0.243. The molecule has 0 spiro atoms. The molecule has 0 radical (unpaired) electrons. The van der Waals surface area contributed by atoms with E-state index in [1.54, 1.807) is 7.11 Å². The number of carbonyl (C=O) groups excluding carboxylic acids is 1. The Morgan fingerprint density at radius 1 is 1.27 bits per heavy atom. The number of nitrogens with one attached hydrogen (secondary N) is 3. The number of ether oxygens (including phenoxy) is 1. The topological polar surface area (TPSA) is 79.0 Å². The van der Waals surface area contributed by atoms with E-state index in [-0.39, 0.29) is 6.03 Å². The van der Waals surface area contributed by atoms with Gasteiger partial charge in [0.1, 0.15) is 5.75 Å². The molecular weight excluding hydrogens is 328 g/mol. The molecule has 0 aliphatic carbocycles. The van der Waals surface area contributed by atoms with Crippen molar-refractivity contribution in [3.63, 3.8) is 0 Å². The van der Waals surface area contributed by atoms with Gasteiger partial charge in [0, 0.05) is 17.5 Å². The van der Waals surface area contributed by atoms with Crippen molar-refractivity contribution in [1.82, 2.24) is 15.5 Å². The Labute approximate surface area is 152 Å². The fraction of sp³-hybridized carbons (Fsp3) is 0.300. The van der Waals surface area contributed by atoms with Gasteiger partial charge in [-0.05, 0) is 29.7 Å². The fourth-order valence-electron chi connectivity index (χ4n) is 2.73. The van der Waals surface area contributed by atoms with Crippen LogP contribution in [-0.2, 0) is 0 Å². The second-order valence-corrected chi connectivity index (χ2v) is 6.38. The van der Waals surface area contributed by atoms with E-state index in [1.165, 1.54) is 0 Å². The lowest BCUT2D eigenvalue weighted by Crippen LogP contribution is -2.32. The Bertz CT molecular complexity index is 904. The molecule has 6 nitrogen and oxygen atoms in total. The molecule has 136 valence electrons. The molecule has 0 saturated carbocycles. The van der Waals surface area contributed by atoms with Crippen LogP contribution in [0.2, 0.25) is 0 Å². The number of H-pyrrole nitrogens is 1. The smallest absolute Gasteiger partial charge is 0.320 e. The molecule has 6 heteroatoms. The number of methoxy groups -OCH3 is 1. The number of urea groups is 1. The summed E-state index contributed by atoms with van der Waals surface area (Å²) in [5.74, 6) is 1.78. The molecule has 1 heterocycles. The Hall–Kier alpha value is -3.02. The number of hydrogen-bond donors (Lipinski definition) is 3. The van der Waals surface area contributed by atoms with Gasteiger partial charge in [-0.15, -0.1) is 0 Å². The van der Waals surface area contributed by atoms with Crippen LogP contribution in [0.15, 0.2) is 42.5 Å². The van der Waals surface area contributed by atoms with Gasteiger partial charge in [0.2, 0.25) is 0 Å². The average Bonchev–Trinajstić information content (AvgIpc) is 3.07. The van der Waals surface area contributed by atoms with E-state index in [4.69, 9.17) is 4.74 Å². The van der Waals surface area contributed by atoms with Crippen LogP contribution in [0.4, 0.5) is 10.6 Å². The molecule has 26 heavy (non-hydrogen) atoms. The molecular formula is C20H24N4O2. The summed E-state index contributed by atoms with van der Waals surface area (Å²) in [6.45, 7) is 4.84. The summed E-state index contributed by atoms with van der Waals surface area (Å²) in [4.78, 5) is 12.1. The lowest BCUT2D eigenvalue weighted by atomic mass is 10.0. The highest BCUT2D eigenvalue weighted by molar-refractivity contribution is 6.00. The van der Waals surface area contributed by atoms with E-state index in [2.05, 4.69) is 34.7 Å². The van der Waals surface area contributed by atoms with Gasteiger partial charge < -0.3 is 10.1 Å². The van der Waals surface area contributed by atoms with E-state index in [1.807, 2.05) is 42.5 Å². The van der Waals surface area contributed by atoms with Crippen LogP contribution >= 0.6 is 0 Å². The average molecular weight is 352 g/mol. The molecule has 2 aromatic carbocycles. The normalized spacial score (nSPS) is 12.0. The summed E-state index contributed by atoms with van der Waals surface area (Å²) in [5, 5.41) is 13.8. The van der Waals surface area contributed by atoms with Gasteiger partial charge in [0.25, 0.3) is 0 Å². The Morgan fingerprint density at radius 2 is 2.08 bits per heavy atom. The zero-order valence-electron chi connectivity index (χ0n) is 15.3. The standard InChI is InChI=1S/C20H24N4O2/c1-4-13(2)12-21-20(25)22-19-16-10-9-14(11-17(16)23-24-19)15-7-5-6-8-18(15)26-3/h5-11,13H,4,12H2,1-3H3,(H3,21,22,23,24,25). The minimum Gasteiger partial charge on any atom is -0.496 e. The van der Waals surface area contributed by atoms with Crippen molar-refractivity contribution in [1.29, 1.82) is 0 Å². The molecule has 3 N–H and O–H groups in total. The summed E-state index contributed by atoms with van der Waals surface area (Å²) in [7, 11) is 1.66. The van der Waals surface area contributed by atoms with Gasteiger partial charge in [-0.1, -0.05) is 44.5 Å². The number of amides is 2. The third-order valence-electron chi connectivity index (χ3n) is 4.52. The van der Waals surface area contributed by atoms with E-state index < -0.39 is 0 Å². The number of fused-ring (bicyclic) bond motifs is 1. The highest BCUT2D eigenvalue weighted by atomic mass is 16.5. The van der Waals surface area contributed by atoms with Crippen LogP contribution in [0, 0.1) is 5.92 Å². The van der Waals surface area contributed by atoms with Gasteiger partial charge in [0.05, 0.1) is 12.6 Å². The predicted molar refractivity (Wildman–Crippen MR) is 105 cm³/mol. The largest absolute Gasteiger partial charge is 0.496 e. The molecule has 2 amide bonds. The molecule has 0 saturated heterocycles. The molecule has 3 aromatic rings. The first-order chi connectivity index (χ1) is 12.6. The van der Waals surface area contributed by atoms with Crippen LogP contribution in [0.3, 0.4) is 0 Å². The maximum atomic E-state index is 12.1. The number of para-hydroxylation sites is 1. The van der Waals surface area contributed by atoms with E-state index in [0.29, 0.717) is 18.3 Å². The van der Waals surface area contributed by atoms with Crippen LogP contribution in [-0.4, -0.2) is 29.9 Å².